The lowest BCUT2D eigenvalue weighted by Crippen LogP contribution is -2.54. The summed E-state index contributed by atoms with van der Waals surface area (Å²) in [5.41, 5.74) is -12.0. The molecule has 12 nitrogen and oxygen atoms in total. The average molecular weight is 735 g/mol. The number of benzene rings is 4. The maximum Gasteiger partial charge on any atom is 0.411 e. The summed E-state index contributed by atoms with van der Waals surface area (Å²) in [5.74, 6) is -4.19. The molecule has 0 fully saturated rings. The summed E-state index contributed by atoms with van der Waals surface area (Å²) < 4.78 is 149. The fraction of sp³-hybridized carbons (Fsp3) is 0.172. The first kappa shape index (κ1) is 36.6. The van der Waals surface area contributed by atoms with Crippen LogP contribution in [-0.4, -0.2) is 39.0 Å². The summed E-state index contributed by atoms with van der Waals surface area (Å²) in [6.07, 6.45) is -12.8. The van der Waals surface area contributed by atoms with Crippen molar-refractivity contribution in [3.05, 3.63) is 140 Å². The van der Waals surface area contributed by atoms with Crippen molar-refractivity contribution in [2.75, 3.05) is 0 Å². The molecule has 0 saturated heterocycles. The lowest BCUT2D eigenvalue weighted by molar-refractivity contribution is -0.385. The summed E-state index contributed by atoms with van der Waals surface area (Å²) in [7, 11) is -9.49. The topological polar surface area (TPSA) is 173 Å². The molecule has 0 unspecified atom stereocenters. The second-order valence-electron chi connectivity index (χ2n) is 10.2. The van der Waals surface area contributed by atoms with Gasteiger partial charge in [0, 0.05) is 12.1 Å². The van der Waals surface area contributed by atoms with Crippen molar-refractivity contribution in [2.45, 2.75) is 29.3 Å². The molecule has 4 aromatic carbocycles. The second-order valence-corrected chi connectivity index (χ2v) is 13.3. The van der Waals surface area contributed by atoms with E-state index >= 15 is 0 Å². The molecule has 0 aliphatic rings. The second kappa shape index (κ2) is 13.3. The van der Waals surface area contributed by atoms with Gasteiger partial charge in [-0.15, -0.1) is 0 Å². The summed E-state index contributed by atoms with van der Waals surface area (Å²) in [6.45, 7) is 0. The quantitative estimate of drug-likeness (QED) is 0.0657. The first-order valence-electron chi connectivity index (χ1n) is 13.3. The van der Waals surface area contributed by atoms with Gasteiger partial charge in [-0.2, -0.15) is 43.2 Å². The van der Waals surface area contributed by atoms with Gasteiger partial charge in [0.25, 0.3) is 0 Å². The molecule has 0 aliphatic carbocycles. The molecular formula is C29H20F6N2O10S2. The molecule has 0 bridgehead atoms. The van der Waals surface area contributed by atoms with Crippen LogP contribution in [0.1, 0.15) is 22.3 Å². The predicted molar refractivity (Wildman–Crippen MR) is 158 cm³/mol. The number of nitro groups is 2. The van der Waals surface area contributed by atoms with E-state index in [0.29, 0.717) is 0 Å². The molecule has 0 atom stereocenters. The molecule has 20 heteroatoms. The van der Waals surface area contributed by atoms with Crippen molar-refractivity contribution in [3.63, 3.8) is 0 Å². The number of halogens is 6. The molecule has 0 saturated carbocycles. The van der Waals surface area contributed by atoms with Gasteiger partial charge >= 0.3 is 44.0 Å². The van der Waals surface area contributed by atoms with Crippen LogP contribution in [0.2, 0.25) is 0 Å². The van der Waals surface area contributed by atoms with Gasteiger partial charge in [0.2, 0.25) is 16.9 Å². The number of hydrogen-bond donors (Lipinski definition) is 0. The maximum absolute atomic E-state index is 14.8. The fourth-order valence-corrected chi connectivity index (χ4v) is 6.95. The van der Waals surface area contributed by atoms with Crippen LogP contribution in [0.5, 0.6) is 11.5 Å². The number of hydrogen-bond acceptors (Lipinski definition) is 10. The third-order valence-corrected chi connectivity index (χ3v) is 9.07. The Morgan fingerprint density at radius 2 is 0.878 bits per heavy atom. The molecule has 0 aromatic heterocycles. The van der Waals surface area contributed by atoms with Crippen LogP contribution >= 0.6 is 0 Å². The zero-order valence-electron chi connectivity index (χ0n) is 24.2. The largest absolute Gasteiger partial charge is 0.411 e. The van der Waals surface area contributed by atoms with E-state index in [1.54, 1.807) is 0 Å². The Hall–Kier alpha value is -5.24. The zero-order chi connectivity index (χ0) is 36.4. The van der Waals surface area contributed by atoms with Crippen LogP contribution in [0.25, 0.3) is 0 Å². The Balaban J connectivity index is 1.87. The van der Waals surface area contributed by atoms with Gasteiger partial charge in [-0.3, -0.25) is 20.2 Å². The number of nitrogens with zero attached hydrogens (tertiary/aromatic N) is 2. The van der Waals surface area contributed by atoms with Crippen molar-refractivity contribution >= 4 is 31.6 Å². The monoisotopic (exact) mass is 734 g/mol. The highest BCUT2D eigenvalue weighted by atomic mass is 32.2. The molecule has 0 amide bonds. The Bertz CT molecular complexity index is 1940. The van der Waals surface area contributed by atoms with Crippen LogP contribution in [0.4, 0.5) is 37.7 Å². The van der Waals surface area contributed by atoms with Crippen LogP contribution in [0.15, 0.2) is 97.1 Å². The standard InChI is InChI=1S/C29H20F6N2O10S2/c30-28(31,32)27(29(33,34)35,21-11-13-25(23(15-21)36(38)39)46-48(42,43)17-19-7-3-1-4-8-19)22-12-14-26(24(16-22)37(40)41)47-49(44,45)18-20-9-5-2-6-10-20/h1-16H,17-18H2. The molecule has 4 aromatic rings. The lowest BCUT2D eigenvalue weighted by atomic mass is 9.72. The average Bonchev–Trinajstić information content (AvgIpc) is 2.97. The van der Waals surface area contributed by atoms with E-state index < -0.39 is 93.4 Å². The van der Waals surface area contributed by atoms with Crippen molar-refractivity contribution in [1.82, 2.24) is 0 Å². The minimum absolute atomic E-state index is 0.0713. The summed E-state index contributed by atoms with van der Waals surface area (Å²) >= 11 is 0. The van der Waals surface area contributed by atoms with E-state index in [-0.39, 0.29) is 47.5 Å². The normalized spacial score (nSPS) is 12.7. The van der Waals surface area contributed by atoms with Gasteiger partial charge in [-0.1, -0.05) is 72.8 Å². The molecule has 0 aliphatic heterocycles. The number of nitro benzene ring substituents is 2. The Morgan fingerprint density at radius 3 is 1.16 bits per heavy atom. The summed E-state index contributed by atoms with van der Waals surface area (Å²) in [5, 5.41) is 23.7. The highest BCUT2D eigenvalue weighted by molar-refractivity contribution is 7.86. The highest BCUT2D eigenvalue weighted by Crippen LogP contribution is 2.58. The summed E-state index contributed by atoms with van der Waals surface area (Å²) in [6, 6.07) is 14.4. The molecule has 4 rings (SSSR count). The lowest BCUT2D eigenvalue weighted by Gasteiger charge is -2.38. The minimum Gasteiger partial charge on any atom is -0.375 e. The molecule has 0 heterocycles. The predicted octanol–water partition coefficient (Wildman–Crippen LogP) is 6.73. The smallest absolute Gasteiger partial charge is 0.375 e. The number of rotatable bonds is 12. The zero-order valence-corrected chi connectivity index (χ0v) is 25.8. The van der Waals surface area contributed by atoms with Gasteiger partial charge < -0.3 is 8.37 Å². The van der Waals surface area contributed by atoms with Crippen molar-refractivity contribution < 1.29 is 61.4 Å². The van der Waals surface area contributed by atoms with Crippen LogP contribution in [0, 0.1) is 20.2 Å². The first-order valence-corrected chi connectivity index (χ1v) is 16.5. The van der Waals surface area contributed by atoms with Gasteiger partial charge in [-0.25, -0.2) is 0 Å². The molecular weight excluding hydrogens is 714 g/mol. The minimum atomic E-state index is -6.42. The molecule has 0 radical (unpaired) electrons. The van der Waals surface area contributed by atoms with Crippen molar-refractivity contribution in [1.29, 1.82) is 0 Å². The third kappa shape index (κ3) is 7.91. The van der Waals surface area contributed by atoms with Crippen LogP contribution < -0.4 is 8.37 Å². The van der Waals surface area contributed by atoms with Crippen LogP contribution in [0.3, 0.4) is 0 Å². The number of alkyl halides is 6. The Morgan fingerprint density at radius 1 is 0.551 bits per heavy atom. The molecule has 0 N–H and O–H groups in total. The van der Waals surface area contributed by atoms with Crippen LogP contribution in [-0.2, 0) is 37.2 Å². The fourth-order valence-electron chi connectivity index (χ4n) is 4.80. The first-order chi connectivity index (χ1) is 22.7. The Labute approximate surface area is 273 Å². The van der Waals surface area contributed by atoms with Gasteiger partial charge in [0.05, 0.1) is 9.85 Å². The SMILES string of the molecule is O=[N+]([O-])c1cc(C(c2ccc(OS(=O)(=O)Cc3ccccc3)c([N+](=O)[O-])c2)(C(F)(F)F)C(F)(F)F)ccc1OS(=O)(=O)Cc1ccccc1. The molecule has 260 valence electrons. The van der Waals surface area contributed by atoms with E-state index in [1.165, 1.54) is 60.7 Å². The van der Waals surface area contributed by atoms with Gasteiger partial charge in [-0.05, 0) is 34.4 Å². The summed E-state index contributed by atoms with van der Waals surface area (Å²) in [4.78, 5) is 20.7. The van der Waals surface area contributed by atoms with E-state index in [9.17, 15) is 63.4 Å². The maximum atomic E-state index is 14.8. The third-order valence-electron chi connectivity index (χ3n) is 6.83. The van der Waals surface area contributed by atoms with Crippen molar-refractivity contribution in [2.24, 2.45) is 0 Å². The van der Waals surface area contributed by atoms with Gasteiger partial charge in [0.15, 0.2) is 0 Å². The highest BCUT2D eigenvalue weighted by Gasteiger charge is 2.73. The molecule has 0 spiro atoms. The van der Waals surface area contributed by atoms with E-state index in [1.807, 2.05) is 0 Å². The van der Waals surface area contributed by atoms with Gasteiger partial charge in [0.1, 0.15) is 11.5 Å². The van der Waals surface area contributed by atoms with E-state index in [4.69, 9.17) is 8.37 Å². The molecule has 49 heavy (non-hydrogen) atoms. The van der Waals surface area contributed by atoms with E-state index in [0.717, 1.165) is 0 Å². The Kier molecular flexibility index (Phi) is 9.96. The van der Waals surface area contributed by atoms with E-state index in [2.05, 4.69) is 0 Å². The van der Waals surface area contributed by atoms with Crippen molar-refractivity contribution in [3.8, 4) is 11.5 Å².